The molecule has 0 saturated carbocycles. The predicted octanol–water partition coefficient (Wildman–Crippen LogP) is 3.71. The van der Waals surface area contributed by atoms with Gasteiger partial charge in [0.1, 0.15) is 18.3 Å². The van der Waals surface area contributed by atoms with Crippen molar-refractivity contribution in [3.8, 4) is 0 Å². The van der Waals surface area contributed by atoms with Crippen molar-refractivity contribution in [2.24, 2.45) is 0 Å². The van der Waals surface area contributed by atoms with E-state index in [9.17, 15) is 27.6 Å². The van der Waals surface area contributed by atoms with Gasteiger partial charge in [0.25, 0.3) is 35.8 Å². The normalized spacial score (nSPS) is 21.1. The third-order valence-electron chi connectivity index (χ3n) is 10.5. The summed E-state index contributed by atoms with van der Waals surface area (Å²) in [5.74, 6) is -1.55. The van der Waals surface area contributed by atoms with Gasteiger partial charge in [-0.05, 0) is 46.6 Å². The van der Waals surface area contributed by atoms with Gasteiger partial charge in [-0.15, -0.1) is 5.06 Å². The van der Waals surface area contributed by atoms with Gasteiger partial charge in [0.15, 0.2) is 12.3 Å². The number of H-pyrrole nitrogens is 1. The molecule has 1 aromatic heterocycles. The van der Waals surface area contributed by atoms with Gasteiger partial charge in [0, 0.05) is 19.4 Å². The first-order chi connectivity index (χ1) is 27.6. The molecular weight excluding hydrogens is 783 g/mol. The van der Waals surface area contributed by atoms with Crippen molar-refractivity contribution in [2.45, 2.75) is 61.7 Å². The van der Waals surface area contributed by atoms with Crippen LogP contribution in [-0.2, 0) is 33.0 Å². The van der Waals surface area contributed by atoms with Gasteiger partial charge in [-0.2, -0.15) is 8.42 Å². The number of imide groups is 1. The average molecular weight is 826 g/mol. The Hall–Kier alpha value is -5.33. The lowest BCUT2D eigenvalue weighted by Crippen LogP contribution is -2.68. The van der Waals surface area contributed by atoms with Crippen LogP contribution in [0.2, 0.25) is 5.04 Å². The summed E-state index contributed by atoms with van der Waals surface area (Å²) in [6.45, 7) is 6.85. The van der Waals surface area contributed by atoms with Crippen molar-refractivity contribution >= 4 is 40.6 Å². The van der Waals surface area contributed by atoms with Gasteiger partial charge in [-0.3, -0.25) is 33.0 Å². The Labute approximate surface area is 336 Å². The van der Waals surface area contributed by atoms with E-state index in [4.69, 9.17) is 22.9 Å². The maximum absolute atomic E-state index is 13.9. The second-order valence-corrected chi connectivity index (χ2v) is 21.2. The minimum absolute atomic E-state index is 0.0898. The van der Waals surface area contributed by atoms with Crippen LogP contribution in [0.5, 0.6) is 0 Å². The smallest absolute Gasteiger partial charge is 0.330 e. The fourth-order valence-corrected chi connectivity index (χ4v) is 13.3. The van der Waals surface area contributed by atoms with Crippen LogP contribution in [0, 0.1) is 6.92 Å². The van der Waals surface area contributed by atoms with Gasteiger partial charge in [0.2, 0.25) is 0 Å². The number of rotatable bonds is 13. The van der Waals surface area contributed by atoms with Crippen molar-refractivity contribution < 1.29 is 40.9 Å². The largest absolute Gasteiger partial charge is 0.404 e. The highest BCUT2D eigenvalue weighted by atomic mass is 32.2. The van der Waals surface area contributed by atoms with Crippen LogP contribution in [0.15, 0.2) is 136 Å². The van der Waals surface area contributed by atoms with Crippen molar-refractivity contribution in [3.63, 3.8) is 0 Å². The Morgan fingerprint density at radius 3 is 1.84 bits per heavy atom. The molecule has 0 bridgehead atoms. The van der Waals surface area contributed by atoms with E-state index in [1.807, 2.05) is 67.6 Å². The lowest BCUT2D eigenvalue weighted by Gasteiger charge is -2.45. The SMILES string of the molecule is CO[C@H]1[C@@H](ON2C(=O)c3ccccc3C2=O)[C@H](n2ccc(=O)[nH]c2=O)O[C@@]1(CO[Si](c1ccccc1)(c1ccccc1)C(C)(C)C)COS(=O)(=O)c1ccc(C)cc1. The quantitative estimate of drug-likeness (QED) is 0.104. The zero-order valence-electron chi connectivity index (χ0n) is 32.5. The minimum Gasteiger partial charge on any atom is -0.404 e. The summed E-state index contributed by atoms with van der Waals surface area (Å²) in [6.07, 6.45) is -3.30. The monoisotopic (exact) mass is 825 g/mol. The van der Waals surface area contributed by atoms with Gasteiger partial charge >= 0.3 is 5.69 Å². The first kappa shape index (κ1) is 40.8. The fraction of sp³-hybridized carbons (Fsp3) is 0.286. The maximum Gasteiger partial charge on any atom is 0.330 e. The molecule has 2 aliphatic rings. The summed E-state index contributed by atoms with van der Waals surface area (Å²) in [5.41, 5.74) is -2.55. The van der Waals surface area contributed by atoms with Crippen molar-refractivity contribution in [2.75, 3.05) is 20.3 Å². The molecule has 1 saturated heterocycles. The number of carbonyl (C=O) groups is 2. The maximum atomic E-state index is 13.9. The molecule has 7 rings (SSSR count). The number of methoxy groups -OCH3 is 1. The molecule has 4 aromatic carbocycles. The van der Waals surface area contributed by atoms with Crippen LogP contribution in [0.3, 0.4) is 0 Å². The highest BCUT2D eigenvalue weighted by molar-refractivity contribution is 7.86. The summed E-state index contributed by atoms with van der Waals surface area (Å²) in [4.78, 5) is 61.5. The van der Waals surface area contributed by atoms with E-state index in [2.05, 4.69) is 25.8 Å². The number of aromatic amines is 1. The summed E-state index contributed by atoms with van der Waals surface area (Å²) in [7, 11) is -6.56. The molecule has 58 heavy (non-hydrogen) atoms. The molecule has 16 heteroatoms. The molecule has 5 aromatic rings. The van der Waals surface area contributed by atoms with Crippen molar-refractivity contribution in [3.05, 3.63) is 159 Å². The third-order valence-corrected chi connectivity index (χ3v) is 16.8. The molecule has 1 fully saturated rings. The van der Waals surface area contributed by atoms with Gasteiger partial charge in [-0.25, -0.2) is 4.79 Å². The highest BCUT2D eigenvalue weighted by Crippen LogP contribution is 2.45. The first-order valence-corrected chi connectivity index (χ1v) is 21.8. The fourth-order valence-electron chi connectivity index (χ4n) is 7.72. The van der Waals surface area contributed by atoms with Crippen LogP contribution in [0.25, 0.3) is 0 Å². The van der Waals surface area contributed by atoms with Crippen LogP contribution >= 0.6 is 0 Å². The van der Waals surface area contributed by atoms with E-state index in [1.165, 1.54) is 37.6 Å². The summed E-state index contributed by atoms with van der Waals surface area (Å²) in [5, 5.41) is 1.81. The number of nitrogens with zero attached hydrogens (tertiary/aromatic N) is 2. The molecule has 2 aliphatic heterocycles. The first-order valence-electron chi connectivity index (χ1n) is 18.5. The molecular formula is C42H43N3O11SSi. The number of nitrogens with one attached hydrogen (secondary N) is 1. The second kappa shape index (κ2) is 15.8. The lowest BCUT2D eigenvalue weighted by molar-refractivity contribution is -0.182. The van der Waals surface area contributed by atoms with E-state index in [-0.39, 0.29) is 16.0 Å². The highest BCUT2D eigenvalue weighted by Gasteiger charge is 2.62. The Bertz CT molecular complexity index is 2470. The molecule has 2 amide bonds. The molecule has 3 heterocycles. The van der Waals surface area contributed by atoms with Gasteiger partial charge < -0.3 is 13.9 Å². The third kappa shape index (κ3) is 7.32. The number of hydrogen-bond acceptors (Lipinski definition) is 11. The summed E-state index contributed by atoms with van der Waals surface area (Å²) >= 11 is 0. The zero-order chi connectivity index (χ0) is 41.5. The van der Waals surface area contributed by atoms with E-state index in [1.54, 1.807) is 24.3 Å². The Kier molecular flexibility index (Phi) is 11.1. The number of aromatic nitrogens is 2. The Morgan fingerprint density at radius 2 is 1.33 bits per heavy atom. The van der Waals surface area contributed by atoms with E-state index in [0.29, 0.717) is 5.06 Å². The standard InChI is InChI=1S/C42H43N3O11SSi/c1-28-20-22-29(23-21-28)57(50,51)53-26-42(27-54-58(41(2,3)4,30-14-8-6-9-15-30)31-16-10-7-11-17-31)36(52-5)35(39(55-42)44-25-24-34(46)43-40(44)49)56-45-37(47)32-18-12-13-19-33(32)38(45)48/h6-25,35-36,39H,26-27H2,1-5H3,(H,43,46,49)/t35-,36+,39-,42-/m1/s1. The average Bonchev–Trinajstić information content (AvgIpc) is 3.64. The van der Waals surface area contributed by atoms with Gasteiger partial charge in [0.05, 0.1) is 22.6 Å². The Morgan fingerprint density at radius 1 is 0.776 bits per heavy atom. The molecule has 1 N–H and O–H groups in total. The summed E-state index contributed by atoms with van der Waals surface area (Å²) < 4.78 is 54.9. The molecule has 0 spiro atoms. The number of hydroxylamine groups is 2. The van der Waals surface area contributed by atoms with Crippen LogP contribution in [0.4, 0.5) is 0 Å². The number of fused-ring (bicyclic) bond motifs is 1. The zero-order valence-corrected chi connectivity index (χ0v) is 34.3. The van der Waals surface area contributed by atoms with Crippen molar-refractivity contribution in [1.82, 2.24) is 14.6 Å². The molecule has 14 nitrogen and oxygen atoms in total. The topological polar surface area (TPSA) is 173 Å². The molecule has 0 unspecified atom stereocenters. The van der Waals surface area contributed by atoms with Gasteiger partial charge in [-0.1, -0.05) is 111 Å². The minimum atomic E-state index is -4.47. The molecule has 302 valence electrons. The number of ether oxygens (including phenoxy) is 2. The van der Waals surface area contributed by atoms with Crippen LogP contribution in [0.1, 0.15) is 53.3 Å². The van der Waals surface area contributed by atoms with Crippen LogP contribution in [-0.4, -0.2) is 81.3 Å². The number of aryl methyl sites for hydroxylation is 1. The van der Waals surface area contributed by atoms with E-state index >= 15 is 0 Å². The van der Waals surface area contributed by atoms with Crippen LogP contribution < -0.4 is 21.6 Å². The molecule has 0 aliphatic carbocycles. The summed E-state index contributed by atoms with van der Waals surface area (Å²) in [6, 6.07) is 32.7. The number of hydrogen-bond donors (Lipinski definition) is 1. The van der Waals surface area contributed by atoms with Crippen molar-refractivity contribution in [1.29, 1.82) is 0 Å². The molecule has 4 atom stereocenters. The van der Waals surface area contributed by atoms with E-state index in [0.717, 1.165) is 26.6 Å². The lowest BCUT2D eigenvalue weighted by atomic mass is 9.97. The molecule has 0 radical (unpaired) electrons. The number of benzene rings is 4. The Balaban J connectivity index is 1.39. The number of carbonyl (C=O) groups excluding carboxylic acids is 2. The predicted molar refractivity (Wildman–Crippen MR) is 215 cm³/mol. The van der Waals surface area contributed by atoms with E-state index < -0.39 is 83.8 Å². The second-order valence-electron chi connectivity index (χ2n) is 15.2. The number of amides is 2.